The summed E-state index contributed by atoms with van der Waals surface area (Å²) in [6.07, 6.45) is 5.15. The van der Waals surface area contributed by atoms with Crippen LogP contribution < -0.4 is 4.74 Å². The summed E-state index contributed by atoms with van der Waals surface area (Å²) in [5.74, 6) is 0.826. The number of aliphatic hydroxyl groups excluding tert-OH is 1. The zero-order chi connectivity index (χ0) is 15.2. The zero-order valence-electron chi connectivity index (χ0n) is 13.4. The number of hydrogen-bond acceptors (Lipinski definition) is 4. The highest BCUT2D eigenvalue weighted by Crippen LogP contribution is 2.24. The molecule has 4 nitrogen and oxygen atoms in total. The van der Waals surface area contributed by atoms with E-state index in [1.54, 1.807) is 0 Å². The number of hydrogen-bond donors (Lipinski definition) is 1. The monoisotopic (exact) mass is 304 g/mol. The molecule has 2 fully saturated rings. The Labute approximate surface area is 133 Å². The van der Waals surface area contributed by atoms with Crippen molar-refractivity contribution in [2.75, 3.05) is 39.3 Å². The third-order valence-electron chi connectivity index (χ3n) is 4.90. The fourth-order valence-corrected chi connectivity index (χ4v) is 3.64. The lowest BCUT2D eigenvalue weighted by atomic mass is 10.1. The predicted octanol–water partition coefficient (Wildman–Crippen LogP) is 1.99. The van der Waals surface area contributed by atoms with Crippen LogP contribution in [-0.2, 0) is 0 Å². The molecule has 1 heterocycles. The molecule has 0 spiro atoms. The van der Waals surface area contributed by atoms with Gasteiger partial charge >= 0.3 is 0 Å². The van der Waals surface area contributed by atoms with Gasteiger partial charge in [-0.1, -0.05) is 31.0 Å². The predicted molar refractivity (Wildman–Crippen MR) is 88.2 cm³/mol. The van der Waals surface area contributed by atoms with Crippen LogP contribution in [0.3, 0.4) is 0 Å². The van der Waals surface area contributed by atoms with Gasteiger partial charge in [0.2, 0.25) is 0 Å². The SMILES string of the molecule is OC(COc1ccccc1)CN1CCN(C2CCCC2)CC1. The number of para-hydroxylation sites is 1. The first-order chi connectivity index (χ1) is 10.8. The molecule has 0 radical (unpaired) electrons. The van der Waals surface area contributed by atoms with Crippen molar-refractivity contribution in [3.8, 4) is 5.75 Å². The minimum absolute atomic E-state index is 0.368. The lowest BCUT2D eigenvalue weighted by Crippen LogP contribution is -2.51. The summed E-state index contributed by atoms with van der Waals surface area (Å²) in [4.78, 5) is 5.01. The quantitative estimate of drug-likeness (QED) is 0.872. The number of β-amino-alcohol motifs (C(OH)–C–C–N with tert-alkyl or cyclic N) is 1. The van der Waals surface area contributed by atoms with Crippen LogP contribution >= 0.6 is 0 Å². The van der Waals surface area contributed by atoms with E-state index in [4.69, 9.17) is 4.74 Å². The number of benzene rings is 1. The van der Waals surface area contributed by atoms with Gasteiger partial charge in [0, 0.05) is 38.8 Å². The van der Waals surface area contributed by atoms with E-state index in [1.807, 2.05) is 30.3 Å². The second-order valence-electron chi connectivity index (χ2n) is 6.55. The van der Waals surface area contributed by atoms with Crippen molar-refractivity contribution >= 4 is 0 Å². The first kappa shape index (κ1) is 15.8. The molecule has 4 heteroatoms. The molecule has 1 saturated heterocycles. The van der Waals surface area contributed by atoms with Crippen molar-refractivity contribution in [1.82, 2.24) is 9.80 Å². The van der Waals surface area contributed by atoms with Crippen LogP contribution in [0.2, 0.25) is 0 Å². The molecule has 122 valence electrons. The second-order valence-corrected chi connectivity index (χ2v) is 6.55. The molecule has 1 saturated carbocycles. The van der Waals surface area contributed by atoms with E-state index < -0.39 is 6.10 Å². The molecule has 1 unspecified atom stereocenters. The van der Waals surface area contributed by atoms with Gasteiger partial charge in [0.25, 0.3) is 0 Å². The first-order valence-electron chi connectivity index (χ1n) is 8.63. The van der Waals surface area contributed by atoms with Gasteiger partial charge in [-0.25, -0.2) is 0 Å². The molecule has 1 aliphatic heterocycles. The Kier molecular flexibility index (Phi) is 5.70. The minimum Gasteiger partial charge on any atom is -0.491 e. The molecule has 1 atom stereocenters. The Bertz CT molecular complexity index is 426. The van der Waals surface area contributed by atoms with Crippen molar-refractivity contribution in [2.24, 2.45) is 0 Å². The summed E-state index contributed by atoms with van der Waals surface area (Å²) in [6, 6.07) is 10.5. The summed E-state index contributed by atoms with van der Waals surface area (Å²) >= 11 is 0. The molecular formula is C18H28N2O2. The Hall–Kier alpha value is -1.10. The van der Waals surface area contributed by atoms with E-state index >= 15 is 0 Å². The normalized spacial score (nSPS) is 22.8. The maximum atomic E-state index is 10.2. The van der Waals surface area contributed by atoms with Gasteiger partial charge in [-0.3, -0.25) is 9.80 Å². The largest absolute Gasteiger partial charge is 0.491 e. The highest BCUT2D eigenvalue weighted by atomic mass is 16.5. The van der Waals surface area contributed by atoms with E-state index in [0.29, 0.717) is 13.2 Å². The molecule has 0 amide bonds. The summed E-state index contributed by atoms with van der Waals surface area (Å²) in [7, 11) is 0. The van der Waals surface area contributed by atoms with Crippen molar-refractivity contribution in [1.29, 1.82) is 0 Å². The van der Waals surface area contributed by atoms with Crippen LogP contribution in [0.5, 0.6) is 5.75 Å². The summed E-state index contributed by atoms with van der Waals surface area (Å²) in [5.41, 5.74) is 0. The maximum Gasteiger partial charge on any atom is 0.119 e. The summed E-state index contributed by atoms with van der Waals surface area (Å²) in [6.45, 7) is 5.52. The Balaban J connectivity index is 1.35. The van der Waals surface area contributed by atoms with E-state index in [2.05, 4.69) is 9.80 Å². The van der Waals surface area contributed by atoms with Crippen molar-refractivity contribution in [3.05, 3.63) is 30.3 Å². The molecular weight excluding hydrogens is 276 g/mol. The minimum atomic E-state index is -0.418. The number of piperazine rings is 1. The van der Waals surface area contributed by atoms with Crippen LogP contribution in [0.1, 0.15) is 25.7 Å². The first-order valence-corrected chi connectivity index (χ1v) is 8.63. The van der Waals surface area contributed by atoms with Gasteiger partial charge in [-0.2, -0.15) is 0 Å². The van der Waals surface area contributed by atoms with Crippen LogP contribution in [0, 0.1) is 0 Å². The van der Waals surface area contributed by atoms with Crippen LogP contribution in [0.25, 0.3) is 0 Å². The summed E-state index contributed by atoms with van der Waals surface area (Å²) in [5, 5.41) is 10.2. The fourth-order valence-electron chi connectivity index (χ4n) is 3.64. The molecule has 1 aromatic rings. The van der Waals surface area contributed by atoms with Gasteiger partial charge in [0.1, 0.15) is 18.5 Å². The lowest BCUT2D eigenvalue weighted by Gasteiger charge is -2.38. The maximum absolute atomic E-state index is 10.2. The summed E-state index contributed by atoms with van der Waals surface area (Å²) < 4.78 is 5.62. The Morgan fingerprint density at radius 1 is 1.05 bits per heavy atom. The van der Waals surface area contributed by atoms with Crippen LogP contribution in [0.4, 0.5) is 0 Å². The van der Waals surface area contributed by atoms with Gasteiger partial charge in [0.05, 0.1) is 0 Å². The molecule has 1 aromatic carbocycles. The number of nitrogens with zero attached hydrogens (tertiary/aromatic N) is 2. The standard InChI is InChI=1S/C18H28N2O2/c21-17(15-22-18-8-2-1-3-9-18)14-19-10-12-20(13-11-19)16-6-4-5-7-16/h1-3,8-9,16-17,21H,4-7,10-15H2. The van der Waals surface area contributed by atoms with E-state index in [0.717, 1.165) is 38.0 Å². The number of ether oxygens (including phenoxy) is 1. The van der Waals surface area contributed by atoms with Crippen molar-refractivity contribution in [3.63, 3.8) is 0 Å². The average Bonchev–Trinajstić information content (AvgIpc) is 3.09. The van der Waals surface area contributed by atoms with Crippen LogP contribution in [0.15, 0.2) is 30.3 Å². The van der Waals surface area contributed by atoms with Gasteiger partial charge in [0.15, 0.2) is 0 Å². The van der Waals surface area contributed by atoms with Gasteiger partial charge in [-0.05, 0) is 25.0 Å². The Morgan fingerprint density at radius 3 is 2.41 bits per heavy atom. The molecule has 22 heavy (non-hydrogen) atoms. The Morgan fingerprint density at radius 2 is 1.73 bits per heavy atom. The second kappa shape index (κ2) is 7.95. The van der Waals surface area contributed by atoms with Gasteiger partial charge < -0.3 is 9.84 Å². The lowest BCUT2D eigenvalue weighted by molar-refractivity contribution is 0.0370. The van der Waals surface area contributed by atoms with Crippen LogP contribution in [-0.4, -0.2) is 66.4 Å². The molecule has 0 aromatic heterocycles. The third-order valence-corrected chi connectivity index (χ3v) is 4.90. The number of rotatable bonds is 6. The van der Waals surface area contributed by atoms with Crippen molar-refractivity contribution in [2.45, 2.75) is 37.8 Å². The molecule has 0 bridgehead atoms. The highest BCUT2D eigenvalue weighted by molar-refractivity contribution is 5.20. The highest BCUT2D eigenvalue weighted by Gasteiger charge is 2.26. The van der Waals surface area contributed by atoms with E-state index in [-0.39, 0.29) is 0 Å². The molecule has 1 N–H and O–H groups in total. The zero-order valence-corrected chi connectivity index (χ0v) is 13.4. The third kappa shape index (κ3) is 4.45. The smallest absolute Gasteiger partial charge is 0.119 e. The molecule has 3 rings (SSSR count). The van der Waals surface area contributed by atoms with Gasteiger partial charge in [-0.15, -0.1) is 0 Å². The topological polar surface area (TPSA) is 35.9 Å². The fraction of sp³-hybridized carbons (Fsp3) is 0.667. The molecule has 2 aliphatic rings. The number of aliphatic hydroxyl groups is 1. The van der Waals surface area contributed by atoms with E-state index in [1.165, 1.54) is 25.7 Å². The van der Waals surface area contributed by atoms with Crippen molar-refractivity contribution < 1.29 is 9.84 Å². The van der Waals surface area contributed by atoms with E-state index in [9.17, 15) is 5.11 Å². The molecule has 1 aliphatic carbocycles. The average molecular weight is 304 g/mol.